The first-order chi connectivity index (χ1) is 8.59. The number of nitrogens with two attached hydrogens (primary N) is 1. The smallest absolute Gasteiger partial charge is 0.130 e. The number of halogens is 2. The van der Waals surface area contributed by atoms with Crippen LogP contribution < -0.4 is 5.73 Å². The normalized spacial score (nSPS) is 20.7. The third-order valence-corrected chi connectivity index (χ3v) is 3.61. The summed E-state index contributed by atoms with van der Waals surface area (Å²) in [5.74, 6) is -1.24. The van der Waals surface area contributed by atoms with Crippen LogP contribution in [0.25, 0.3) is 0 Å². The van der Waals surface area contributed by atoms with Gasteiger partial charge in [0.1, 0.15) is 11.6 Å². The average Bonchev–Trinajstić information content (AvgIpc) is 2.39. The van der Waals surface area contributed by atoms with Crippen LogP contribution in [0.2, 0.25) is 0 Å². The number of hydrogen-bond donors (Lipinski definition) is 1. The number of rotatable bonds is 3. The van der Waals surface area contributed by atoms with Gasteiger partial charge in [0, 0.05) is 44.8 Å². The van der Waals surface area contributed by atoms with Crippen molar-refractivity contribution < 1.29 is 18.3 Å². The highest BCUT2D eigenvalue weighted by atomic mass is 19.1. The van der Waals surface area contributed by atoms with E-state index in [4.69, 9.17) is 15.2 Å². The zero-order chi connectivity index (χ0) is 13.2. The second-order valence-electron chi connectivity index (χ2n) is 4.52. The molecular weight excluding hydrogens is 240 g/mol. The highest BCUT2D eigenvalue weighted by Gasteiger charge is 2.40. The Hall–Kier alpha value is -1.04. The fraction of sp³-hybridized carbons (Fsp3) is 0.538. The van der Waals surface area contributed by atoms with Gasteiger partial charge in [0.2, 0.25) is 0 Å². The van der Waals surface area contributed by atoms with Crippen molar-refractivity contribution in [2.45, 2.75) is 24.5 Å². The molecule has 1 heterocycles. The lowest BCUT2D eigenvalue weighted by atomic mass is 9.82. The Morgan fingerprint density at radius 3 is 2.56 bits per heavy atom. The molecule has 1 aliphatic rings. The molecule has 0 saturated carbocycles. The lowest BCUT2D eigenvalue weighted by molar-refractivity contribution is -0.105. The summed E-state index contributed by atoms with van der Waals surface area (Å²) in [6.45, 7) is 1.06. The summed E-state index contributed by atoms with van der Waals surface area (Å²) < 4.78 is 37.4. The molecule has 18 heavy (non-hydrogen) atoms. The molecule has 1 atom stereocenters. The van der Waals surface area contributed by atoms with Crippen molar-refractivity contribution in [3.63, 3.8) is 0 Å². The predicted molar refractivity (Wildman–Crippen MR) is 63.1 cm³/mol. The van der Waals surface area contributed by atoms with Crippen molar-refractivity contribution >= 4 is 0 Å². The molecule has 100 valence electrons. The standard InChI is InChI=1S/C13H17F2NO2/c1-17-13(4-6-18-7-5-13)12(16)10-3-2-9(14)8-11(10)15/h2-3,8,12H,4-7,16H2,1H3. The zero-order valence-electron chi connectivity index (χ0n) is 10.3. The molecule has 0 amide bonds. The van der Waals surface area contributed by atoms with E-state index in [0.29, 0.717) is 26.1 Å². The van der Waals surface area contributed by atoms with E-state index in [2.05, 4.69) is 0 Å². The van der Waals surface area contributed by atoms with E-state index < -0.39 is 23.3 Å². The van der Waals surface area contributed by atoms with Crippen LogP contribution >= 0.6 is 0 Å². The average molecular weight is 257 g/mol. The SMILES string of the molecule is COC1(C(N)c2ccc(F)cc2F)CCOCC1. The summed E-state index contributed by atoms with van der Waals surface area (Å²) in [5, 5.41) is 0. The van der Waals surface area contributed by atoms with Gasteiger partial charge in [-0.15, -0.1) is 0 Å². The first-order valence-corrected chi connectivity index (χ1v) is 5.92. The van der Waals surface area contributed by atoms with Crippen molar-refractivity contribution in [2.75, 3.05) is 20.3 Å². The molecule has 2 N–H and O–H groups in total. The molecule has 5 heteroatoms. The van der Waals surface area contributed by atoms with E-state index in [-0.39, 0.29) is 5.56 Å². The van der Waals surface area contributed by atoms with Gasteiger partial charge in [0.05, 0.1) is 11.6 Å². The lowest BCUT2D eigenvalue weighted by Crippen LogP contribution is -2.47. The van der Waals surface area contributed by atoms with Crippen LogP contribution in [0, 0.1) is 11.6 Å². The maximum atomic E-state index is 13.8. The van der Waals surface area contributed by atoms with Crippen LogP contribution in [0.1, 0.15) is 24.4 Å². The van der Waals surface area contributed by atoms with Gasteiger partial charge in [-0.25, -0.2) is 8.78 Å². The van der Waals surface area contributed by atoms with E-state index in [1.165, 1.54) is 12.1 Å². The minimum atomic E-state index is -0.642. The van der Waals surface area contributed by atoms with Gasteiger partial charge >= 0.3 is 0 Å². The Morgan fingerprint density at radius 2 is 2.00 bits per heavy atom. The third kappa shape index (κ3) is 2.39. The van der Waals surface area contributed by atoms with Gasteiger partial charge in [-0.1, -0.05) is 6.07 Å². The van der Waals surface area contributed by atoms with Crippen molar-refractivity contribution in [1.82, 2.24) is 0 Å². The molecule has 3 nitrogen and oxygen atoms in total. The number of hydrogen-bond acceptors (Lipinski definition) is 3. The summed E-state index contributed by atoms with van der Waals surface area (Å²) in [4.78, 5) is 0. The first-order valence-electron chi connectivity index (χ1n) is 5.92. The zero-order valence-corrected chi connectivity index (χ0v) is 10.3. The number of methoxy groups -OCH3 is 1. The molecule has 0 aliphatic carbocycles. The molecular formula is C13H17F2NO2. The van der Waals surface area contributed by atoms with Crippen molar-refractivity contribution in [1.29, 1.82) is 0 Å². The van der Waals surface area contributed by atoms with Gasteiger partial charge in [0.15, 0.2) is 0 Å². The monoisotopic (exact) mass is 257 g/mol. The summed E-state index contributed by atoms with van der Waals surface area (Å²) in [6.07, 6.45) is 1.20. The van der Waals surface area contributed by atoms with E-state index in [9.17, 15) is 8.78 Å². The van der Waals surface area contributed by atoms with E-state index in [1.807, 2.05) is 0 Å². The van der Waals surface area contributed by atoms with Crippen LogP contribution in [-0.2, 0) is 9.47 Å². The largest absolute Gasteiger partial charge is 0.381 e. The Bertz CT molecular complexity index is 419. The molecule has 0 bridgehead atoms. The third-order valence-electron chi connectivity index (χ3n) is 3.61. The second kappa shape index (κ2) is 5.30. The predicted octanol–water partition coefficient (Wildman–Crippen LogP) is 2.16. The van der Waals surface area contributed by atoms with Gasteiger partial charge < -0.3 is 15.2 Å². The van der Waals surface area contributed by atoms with Crippen molar-refractivity contribution in [3.8, 4) is 0 Å². The topological polar surface area (TPSA) is 44.5 Å². The quantitative estimate of drug-likeness (QED) is 0.902. The lowest BCUT2D eigenvalue weighted by Gasteiger charge is -2.40. The molecule has 0 radical (unpaired) electrons. The Balaban J connectivity index is 2.30. The van der Waals surface area contributed by atoms with Gasteiger partial charge in [-0.2, -0.15) is 0 Å². The van der Waals surface area contributed by atoms with Gasteiger partial charge in [-0.05, 0) is 6.07 Å². The Labute approximate surface area is 105 Å². The van der Waals surface area contributed by atoms with Gasteiger partial charge in [-0.3, -0.25) is 0 Å². The van der Waals surface area contributed by atoms with E-state index in [1.54, 1.807) is 7.11 Å². The van der Waals surface area contributed by atoms with Crippen LogP contribution in [0.4, 0.5) is 8.78 Å². The summed E-state index contributed by atoms with van der Waals surface area (Å²) in [7, 11) is 1.56. The summed E-state index contributed by atoms with van der Waals surface area (Å²) in [5.41, 5.74) is 5.76. The van der Waals surface area contributed by atoms with Crippen LogP contribution in [0.3, 0.4) is 0 Å². The van der Waals surface area contributed by atoms with Crippen LogP contribution in [0.5, 0.6) is 0 Å². The Kier molecular flexibility index (Phi) is 3.94. The number of ether oxygens (including phenoxy) is 2. The van der Waals surface area contributed by atoms with Crippen LogP contribution in [0.15, 0.2) is 18.2 Å². The molecule has 2 rings (SSSR count). The molecule has 1 aliphatic heterocycles. The van der Waals surface area contributed by atoms with E-state index in [0.717, 1.165) is 6.07 Å². The van der Waals surface area contributed by atoms with Crippen molar-refractivity contribution in [3.05, 3.63) is 35.4 Å². The molecule has 0 aromatic heterocycles. The highest BCUT2D eigenvalue weighted by molar-refractivity contribution is 5.25. The summed E-state index contributed by atoms with van der Waals surface area (Å²) in [6, 6.07) is 2.80. The molecule has 1 aromatic rings. The molecule has 0 spiro atoms. The first kappa shape index (κ1) is 13.4. The Morgan fingerprint density at radius 1 is 1.33 bits per heavy atom. The van der Waals surface area contributed by atoms with Gasteiger partial charge in [0.25, 0.3) is 0 Å². The fourth-order valence-corrected chi connectivity index (χ4v) is 2.40. The second-order valence-corrected chi connectivity index (χ2v) is 4.52. The van der Waals surface area contributed by atoms with E-state index >= 15 is 0 Å². The van der Waals surface area contributed by atoms with Crippen LogP contribution in [-0.4, -0.2) is 25.9 Å². The number of benzene rings is 1. The fourth-order valence-electron chi connectivity index (χ4n) is 2.40. The highest BCUT2D eigenvalue weighted by Crippen LogP contribution is 2.36. The minimum Gasteiger partial charge on any atom is -0.381 e. The molecule has 1 saturated heterocycles. The summed E-state index contributed by atoms with van der Waals surface area (Å²) >= 11 is 0. The minimum absolute atomic E-state index is 0.278. The maximum absolute atomic E-state index is 13.8. The molecule has 1 fully saturated rings. The van der Waals surface area contributed by atoms with Crippen molar-refractivity contribution in [2.24, 2.45) is 5.73 Å². The maximum Gasteiger partial charge on any atom is 0.130 e. The molecule has 1 aromatic carbocycles. The molecule has 1 unspecified atom stereocenters.